The molecule has 0 spiro atoms. The third-order valence-corrected chi connectivity index (χ3v) is 3.78. The molecule has 3 rings (SSSR count). The summed E-state index contributed by atoms with van der Waals surface area (Å²) in [6, 6.07) is 7.88. The molecule has 0 unspecified atom stereocenters. The van der Waals surface area contributed by atoms with Crippen molar-refractivity contribution in [3.8, 4) is 11.4 Å². The lowest BCUT2D eigenvalue weighted by molar-refractivity contribution is 0.0948. The molecular formula is C17H14ClFN4O. The largest absolute Gasteiger partial charge is 0.350 e. The molecule has 1 amide bonds. The first kappa shape index (κ1) is 16.1. The highest BCUT2D eigenvalue weighted by Crippen LogP contribution is 2.19. The number of hydrogen-bond acceptors (Lipinski definition) is 3. The number of amides is 1. The summed E-state index contributed by atoms with van der Waals surface area (Å²) in [6.45, 7) is 0.801. The van der Waals surface area contributed by atoms with Crippen LogP contribution in [0.1, 0.15) is 10.4 Å². The van der Waals surface area contributed by atoms with Gasteiger partial charge in [-0.3, -0.25) is 9.78 Å². The van der Waals surface area contributed by atoms with Crippen molar-refractivity contribution in [3.63, 3.8) is 0 Å². The second-order valence-corrected chi connectivity index (χ2v) is 5.45. The van der Waals surface area contributed by atoms with Gasteiger partial charge in [0.2, 0.25) is 0 Å². The number of hydrogen-bond donors (Lipinski definition) is 1. The van der Waals surface area contributed by atoms with Gasteiger partial charge < -0.3 is 9.88 Å². The van der Waals surface area contributed by atoms with Crippen LogP contribution in [0.15, 0.2) is 55.1 Å². The summed E-state index contributed by atoms with van der Waals surface area (Å²) in [4.78, 5) is 20.5. The normalized spacial score (nSPS) is 10.6. The van der Waals surface area contributed by atoms with E-state index >= 15 is 0 Å². The van der Waals surface area contributed by atoms with E-state index in [9.17, 15) is 9.18 Å². The number of carbonyl (C=O) groups excluding carboxylic acids is 1. The Morgan fingerprint density at radius 2 is 2.12 bits per heavy atom. The van der Waals surface area contributed by atoms with Gasteiger partial charge in [-0.2, -0.15) is 0 Å². The minimum atomic E-state index is -0.640. The van der Waals surface area contributed by atoms with Crippen LogP contribution in [-0.4, -0.2) is 27.0 Å². The summed E-state index contributed by atoms with van der Waals surface area (Å²) in [5, 5.41) is 2.76. The third-order valence-electron chi connectivity index (χ3n) is 3.46. The van der Waals surface area contributed by atoms with Gasteiger partial charge in [-0.05, 0) is 24.3 Å². The van der Waals surface area contributed by atoms with Crippen molar-refractivity contribution in [2.45, 2.75) is 6.54 Å². The Labute approximate surface area is 143 Å². The lowest BCUT2D eigenvalue weighted by Gasteiger charge is -2.10. The van der Waals surface area contributed by atoms with Gasteiger partial charge in [-0.1, -0.05) is 17.7 Å². The summed E-state index contributed by atoms with van der Waals surface area (Å²) in [5.74, 6) is -0.430. The van der Waals surface area contributed by atoms with Gasteiger partial charge in [0.1, 0.15) is 11.6 Å². The van der Waals surface area contributed by atoms with Crippen molar-refractivity contribution < 1.29 is 9.18 Å². The van der Waals surface area contributed by atoms with E-state index < -0.39 is 11.7 Å². The fourth-order valence-electron chi connectivity index (χ4n) is 2.34. The Bertz CT molecular complexity index is 831. The van der Waals surface area contributed by atoms with Gasteiger partial charge in [0.15, 0.2) is 0 Å². The zero-order valence-corrected chi connectivity index (χ0v) is 13.4. The molecule has 5 nitrogen and oxygen atoms in total. The maximum absolute atomic E-state index is 13.7. The minimum absolute atomic E-state index is 0.0891. The van der Waals surface area contributed by atoms with Crippen molar-refractivity contribution in [2.24, 2.45) is 0 Å². The maximum atomic E-state index is 13.7. The molecule has 122 valence electrons. The van der Waals surface area contributed by atoms with E-state index in [4.69, 9.17) is 11.6 Å². The van der Waals surface area contributed by atoms with Crippen LogP contribution in [0.5, 0.6) is 0 Å². The predicted molar refractivity (Wildman–Crippen MR) is 89.2 cm³/mol. The Morgan fingerprint density at radius 3 is 2.88 bits per heavy atom. The molecule has 2 aromatic heterocycles. The third kappa shape index (κ3) is 3.44. The van der Waals surface area contributed by atoms with Crippen molar-refractivity contribution in [1.29, 1.82) is 0 Å². The predicted octanol–water partition coefficient (Wildman–Crippen LogP) is 3.17. The first-order chi connectivity index (χ1) is 11.7. The van der Waals surface area contributed by atoms with Crippen LogP contribution in [0.2, 0.25) is 5.02 Å². The summed E-state index contributed by atoms with van der Waals surface area (Å²) in [7, 11) is 0. The minimum Gasteiger partial charge on any atom is -0.350 e. The highest BCUT2D eigenvalue weighted by Gasteiger charge is 2.15. The topological polar surface area (TPSA) is 59.8 Å². The summed E-state index contributed by atoms with van der Waals surface area (Å²) in [5.41, 5.74) is 0.739. The quantitative estimate of drug-likeness (QED) is 0.773. The van der Waals surface area contributed by atoms with Crippen LogP contribution < -0.4 is 5.32 Å². The fraction of sp³-hybridized carbons (Fsp3) is 0.118. The summed E-state index contributed by atoms with van der Waals surface area (Å²) in [6.07, 6.45) is 6.90. The lowest BCUT2D eigenvalue weighted by Crippen LogP contribution is -2.28. The standard InChI is InChI=1S/C17H14ClFN4O/c18-13-4-1-5-14(19)15(13)17(24)22-8-10-23-9-7-21-16(23)12-3-2-6-20-11-12/h1-7,9,11H,8,10H2,(H,22,24). The molecule has 0 atom stereocenters. The number of aromatic nitrogens is 3. The average Bonchev–Trinajstić information content (AvgIpc) is 3.04. The number of rotatable bonds is 5. The van der Waals surface area contributed by atoms with E-state index in [1.54, 1.807) is 18.6 Å². The number of pyridine rings is 1. The van der Waals surface area contributed by atoms with Crippen LogP contribution >= 0.6 is 11.6 Å². The van der Waals surface area contributed by atoms with Crippen LogP contribution in [0, 0.1) is 5.82 Å². The van der Waals surface area contributed by atoms with Crippen LogP contribution in [0.4, 0.5) is 4.39 Å². The monoisotopic (exact) mass is 344 g/mol. The first-order valence-corrected chi connectivity index (χ1v) is 7.68. The van der Waals surface area contributed by atoms with Crippen molar-refractivity contribution in [1.82, 2.24) is 19.9 Å². The molecule has 3 aromatic rings. The van der Waals surface area contributed by atoms with Crippen molar-refractivity contribution in [2.75, 3.05) is 6.54 Å². The van der Waals surface area contributed by atoms with Crippen LogP contribution in [0.25, 0.3) is 11.4 Å². The Kier molecular flexibility index (Phi) is 4.86. The van der Waals surface area contributed by atoms with E-state index in [1.165, 1.54) is 18.2 Å². The smallest absolute Gasteiger partial charge is 0.255 e. The average molecular weight is 345 g/mol. The lowest BCUT2D eigenvalue weighted by atomic mass is 10.2. The van der Waals surface area contributed by atoms with Crippen LogP contribution in [0.3, 0.4) is 0 Å². The Morgan fingerprint density at radius 1 is 1.25 bits per heavy atom. The van der Waals surface area contributed by atoms with Crippen LogP contribution in [-0.2, 0) is 6.54 Å². The van der Waals surface area contributed by atoms with E-state index in [1.807, 2.05) is 22.9 Å². The molecule has 0 fully saturated rings. The molecule has 0 saturated carbocycles. The number of halogens is 2. The summed E-state index contributed by atoms with van der Waals surface area (Å²) < 4.78 is 15.6. The van der Waals surface area contributed by atoms with Gasteiger partial charge in [0, 0.05) is 43.4 Å². The number of benzene rings is 1. The number of carbonyl (C=O) groups is 1. The number of nitrogens with zero attached hydrogens (tertiary/aromatic N) is 3. The Balaban J connectivity index is 1.66. The molecule has 24 heavy (non-hydrogen) atoms. The zero-order valence-electron chi connectivity index (χ0n) is 12.6. The van der Waals surface area contributed by atoms with Crippen molar-refractivity contribution in [3.05, 3.63) is 71.5 Å². The number of imidazole rings is 1. The Hall–Kier alpha value is -2.73. The van der Waals surface area contributed by atoms with E-state index in [0.717, 1.165) is 11.4 Å². The molecule has 0 aliphatic rings. The van der Waals surface area contributed by atoms with Gasteiger partial charge in [0.05, 0.1) is 10.6 Å². The molecule has 0 aliphatic carbocycles. The highest BCUT2D eigenvalue weighted by molar-refractivity contribution is 6.33. The second-order valence-electron chi connectivity index (χ2n) is 5.04. The molecule has 7 heteroatoms. The van der Waals surface area contributed by atoms with E-state index in [0.29, 0.717) is 13.1 Å². The molecule has 1 N–H and O–H groups in total. The van der Waals surface area contributed by atoms with Gasteiger partial charge in [-0.25, -0.2) is 9.37 Å². The van der Waals surface area contributed by atoms with Gasteiger partial charge >= 0.3 is 0 Å². The number of nitrogens with one attached hydrogen (secondary N) is 1. The highest BCUT2D eigenvalue weighted by atomic mass is 35.5. The second kappa shape index (κ2) is 7.23. The van der Waals surface area contributed by atoms with E-state index in [2.05, 4.69) is 15.3 Å². The first-order valence-electron chi connectivity index (χ1n) is 7.30. The SMILES string of the molecule is O=C(NCCn1ccnc1-c1cccnc1)c1c(F)cccc1Cl. The maximum Gasteiger partial charge on any atom is 0.255 e. The molecule has 2 heterocycles. The van der Waals surface area contributed by atoms with Gasteiger partial charge in [0.25, 0.3) is 5.91 Å². The van der Waals surface area contributed by atoms with Crippen molar-refractivity contribution >= 4 is 17.5 Å². The molecule has 0 aliphatic heterocycles. The molecular weight excluding hydrogens is 331 g/mol. The van der Waals surface area contributed by atoms with E-state index in [-0.39, 0.29) is 10.6 Å². The molecule has 1 aromatic carbocycles. The van der Waals surface area contributed by atoms with Gasteiger partial charge in [-0.15, -0.1) is 0 Å². The molecule has 0 radical (unpaired) electrons. The zero-order chi connectivity index (χ0) is 16.9. The molecule has 0 saturated heterocycles. The summed E-state index contributed by atoms with van der Waals surface area (Å²) >= 11 is 5.89. The fourth-order valence-corrected chi connectivity index (χ4v) is 2.59. The molecule has 0 bridgehead atoms.